The van der Waals surface area contributed by atoms with Crippen molar-refractivity contribution in [1.82, 2.24) is 14.8 Å². The molecule has 0 aliphatic carbocycles. The number of aromatic nitrogens is 3. The van der Waals surface area contributed by atoms with Crippen LogP contribution in [0.2, 0.25) is 0 Å². The van der Waals surface area contributed by atoms with Gasteiger partial charge in [-0.05, 0) is 43.7 Å². The Hall–Kier alpha value is -3.61. The first-order valence-electron chi connectivity index (χ1n) is 8.49. The van der Waals surface area contributed by atoms with E-state index in [-0.39, 0.29) is 11.3 Å². The van der Waals surface area contributed by atoms with E-state index >= 15 is 0 Å². The van der Waals surface area contributed by atoms with E-state index in [4.69, 9.17) is 0 Å². The topological polar surface area (TPSA) is 59.8 Å². The summed E-state index contributed by atoms with van der Waals surface area (Å²) in [6, 6.07) is 7.04. The number of aryl methyl sites for hydroxylation is 1. The van der Waals surface area contributed by atoms with E-state index < -0.39 is 17.5 Å². The quantitative estimate of drug-likeness (QED) is 0.658. The van der Waals surface area contributed by atoms with Crippen LogP contribution >= 0.6 is 0 Å². The highest BCUT2D eigenvalue weighted by molar-refractivity contribution is 6.04. The van der Waals surface area contributed by atoms with Crippen molar-refractivity contribution in [3.63, 3.8) is 0 Å². The summed E-state index contributed by atoms with van der Waals surface area (Å²) in [6.07, 6.45) is 6.43. The molecule has 0 bridgehead atoms. The first-order chi connectivity index (χ1) is 13.4. The Bertz CT molecular complexity index is 1070. The molecular formula is C21H18F2N4O. The number of para-hydroxylation sites is 1. The Balaban J connectivity index is 1.90. The summed E-state index contributed by atoms with van der Waals surface area (Å²) in [5.74, 6) is -1.66. The summed E-state index contributed by atoms with van der Waals surface area (Å²) in [5.41, 5.74) is 1.80. The van der Waals surface area contributed by atoms with Gasteiger partial charge in [-0.25, -0.2) is 18.4 Å². The molecule has 0 radical (unpaired) electrons. The number of allylic oxidation sites excluding steroid dienone is 2. The zero-order valence-corrected chi connectivity index (χ0v) is 15.4. The third-order valence-corrected chi connectivity index (χ3v) is 4.17. The number of carbonyl (C=O) groups is 1. The van der Waals surface area contributed by atoms with Crippen LogP contribution in [0.1, 0.15) is 27.3 Å². The molecule has 0 atom stereocenters. The van der Waals surface area contributed by atoms with Gasteiger partial charge in [0.15, 0.2) is 11.6 Å². The SMILES string of the molecule is C=C/C=C\c1nc(NC(=O)c2cnn(-c3c(F)cccc3F)c2C)ccc1C. The summed E-state index contributed by atoms with van der Waals surface area (Å²) in [7, 11) is 0. The zero-order valence-electron chi connectivity index (χ0n) is 15.4. The lowest BCUT2D eigenvalue weighted by atomic mass is 10.2. The van der Waals surface area contributed by atoms with Crippen LogP contribution in [0, 0.1) is 25.5 Å². The number of amides is 1. The number of benzene rings is 1. The van der Waals surface area contributed by atoms with Crippen molar-refractivity contribution in [3.8, 4) is 5.69 Å². The van der Waals surface area contributed by atoms with Crippen molar-refractivity contribution >= 4 is 17.8 Å². The van der Waals surface area contributed by atoms with Crippen molar-refractivity contribution in [1.29, 1.82) is 0 Å². The van der Waals surface area contributed by atoms with Gasteiger partial charge in [0.05, 0.1) is 23.1 Å². The van der Waals surface area contributed by atoms with Crippen LogP contribution in [0.15, 0.2) is 55.3 Å². The average Bonchev–Trinajstić information content (AvgIpc) is 3.03. The first kappa shape index (κ1) is 19.2. The fraction of sp³-hybridized carbons (Fsp3) is 0.0952. The van der Waals surface area contributed by atoms with Crippen molar-refractivity contribution in [2.24, 2.45) is 0 Å². The number of rotatable bonds is 5. The largest absolute Gasteiger partial charge is 0.306 e. The molecule has 2 aromatic heterocycles. The molecule has 0 saturated carbocycles. The lowest BCUT2D eigenvalue weighted by Gasteiger charge is -2.09. The molecule has 0 aliphatic heterocycles. The lowest BCUT2D eigenvalue weighted by Crippen LogP contribution is -2.15. The molecule has 7 heteroatoms. The number of halogens is 2. The van der Waals surface area contributed by atoms with Gasteiger partial charge in [0.2, 0.25) is 0 Å². The van der Waals surface area contributed by atoms with Gasteiger partial charge in [0, 0.05) is 0 Å². The van der Waals surface area contributed by atoms with Gasteiger partial charge in [-0.1, -0.05) is 30.9 Å². The summed E-state index contributed by atoms with van der Waals surface area (Å²) >= 11 is 0. The molecule has 0 spiro atoms. The number of nitrogens with zero attached hydrogens (tertiary/aromatic N) is 3. The summed E-state index contributed by atoms with van der Waals surface area (Å²) in [5, 5.41) is 6.66. The molecule has 3 rings (SSSR count). The van der Waals surface area contributed by atoms with Gasteiger partial charge in [0.25, 0.3) is 5.91 Å². The van der Waals surface area contributed by atoms with Gasteiger partial charge in [-0.2, -0.15) is 5.10 Å². The van der Waals surface area contributed by atoms with E-state index in [9.17, 15) is 13.6 Å². The zero-order chi connectivity index (χ0) is 20.3. The standard InChI is InChI=1S/C21H18F2N4O/c1-4-5-9-18-13(2)10-11-19(25-18)26-21(28)15-12-24-27(14(15)3)20-16(22)7-6-8-17(20)23/h4-12H,1H2,2-3H3,(H,25,26,28)/b9-5-. The van der Waals surface area contributed by atoms with Gasteiger partial charge in [-0.3, -0.25) is 4.79 Å². The van der Waals surface area contributed by atoms with Crippen LogP contribution in [-0.4, -0.2) is 20.7 Å². The van der Waals surface area contributed by atoms with Crippen LogP contribution < -0.4 is 5.32 Å². The molecule has 3 aromatic rings. The van der Waals surface area contributed by atoms with Crippen molar-refractivity contribution in [2.75, 3.05) is 5.32 Å². The highest BCUT2D eigenvalue weighted by Gasteiger charge is 2.20. The van der Waals surface area contributed by atoms with E-state index in [1.165, 1.54) is 12.3 Å². The maximum absolute atomic E-state index is 14.0. The fourth-order valence-corrected chi connectivity index (χ4v) is 2.68. The Morgan fingerprint density at radius 1 is 1.18 bits per heavy atom. The molecule has 0 unspecified atom stereocenters. The second-order valence-corrected chi connectivity index (χ2v) is 6.07. The minimum Gasteiger partial charge on any atom is -0.306 e. The van der Waals surface area contributed by atoms with Gasteiger partial charge < -0.3 is 5.32 Å². The second-order valence-electron chi connectivity index (χ2n) is 6.07. The van der Waals surface area contributed by atoms with Crippen molar-refractivity contribution in [3.05, 3.63) is 89.4 Å². The lowest BCUT2D eigenvalue weighted by molar-refractivity contribution is 0.102. The summed E-state index contributed by atoms with van der Waals surface area (Å²) in [6.45, 7) is 7.08. The van der Waals surface area contributed by atoms with Crippen LogP contribution in [0.25, 0.3) is 11.8 Å². The molecule has 2 heterocycles. The van der Waals surface area contributed by atoms with Crippen molar-refractivity contribution in [2.45, 2.75) is 13.8 Å². The second kappa shape index (κ2) is 7.96. The number of pyridine rings is 1. The number of hydrogen-bond donors (Lipinski definition) is 1. The van der Waals surface area contributed by atoms with Crippen molar-refractivity contribution < 1.29 is 13.6 Å². The highest BCUT2D eigenvalue weighted by atomic mass is 19.1. The smallest absolute Gasteiger partial charge is 0.260 e. The van der Waals surface area contributed by atoms with E-state index in [1.54, 1.807) is 31.2 Å². The maximum Gasteiger partial charge on any atom is 0.260 e. The highest BCUT2D eigenvalue weighted by Crippen LogP contribution is 2.21. The molecule has 0 saturated heterocycles. The Labute approximate surface area is 161 Å². The number of hydrogen-bond acceptors (Lipinski definition) is 3. The van der Waals surface area contributed by atoms with E-state index in [1.807, 2.05) is 13.0 Å². The summed E-state index contributed by atoms with van der Waals surface area (Å²) in [4.78, 5) is 17.0. The predicted octanol–water partition coefficient (Wildman–Crippen LogP) is 4.61. The molecule has 28 heavy (non-hydrogen) atoms. The normalized spacial score (nSPS) is 11.0. The van der Waals surface area contributed by atoms with E-state index in [2.05, 4.69) is 22.0 Å². The maximum atomic E-state index is 14.0. The number of anilines is 1. The predicted molar refractivity (Wildman–Crippen MR) is 104 cm³/mol. The molecular weight excluding hydrogens is 362 g/mol. The molecule has 1 N–H and O–H groups in total. The van der Waals surface area contributed by atoms with Gasteiger partial charge >= 0.3 is 0 Å². The molecule has 0 aliphatic rings. The average molecular weight is 380 g/mol. The van der Waals surface area contributed by atoms with Crippen LogP contribution in [-0.2, 0) is 0 Å². The molecule has 0 fully saturated rings. The fourth-order valence-electron chi connectivity index (χ4n) is 2.68. The first-order valence-corrected chi connectivity index (χ1v) is 8.49. The van der Waals surface area contributed by atoms with Gasteiger partial charge in [-0.15, -0.1) is 0 Å². The third-order valence-electron chi connectivity index (χ3n) is 4.17. The Morgan fingerprint density at radius 3 is 2.57 bits per heavy atom. The third kappa shape index (κ3) is 3.73. The number of carbonyl (C=O) groups excluding carboxylic acids is 1. The Kier molecular flexibility index (Phi) is 5.44. The van der Waals surface area contributed by atoms with E-state index in [0.717, 1.165) is 22.4 Å². The van der Waals surface area contributed by atoms with Crippen LogP contribution in [0.4, 0.5) is 14.6 Å². The summed E-state index contributed by atoms with van der Waals surface area (Å²) < 4.78 is 29.1. The monoisotopic (exact) mass is 380 g/mol. The van der Waals surface area contributed by atoms with Crippen LogP contribution in [0.3, 0.4) is 0 Å². The molecule has 142 valence electrons. The van der Waals surface area contributed by atoms with Gasteiger partial charge in [0.1, 0.15) is 11.5 Å². The number of nitrogens with one attached hydrogen (secondary N) is 1. The Morgan fingerprint density at radius 2 is 1.89 bits per heavy atom. The van der Waals surface area contributed by atoms with Crippen LogP contribution in [0.5, 0.6) is 0 Å². The molecule has 5 nitrogen and oxygen atoms in total. The molecule has 1 aromatic carbocycles. The minimum atomic E-state index is -0.767. The minimum absolute atomic E-state index is 0.188. The molecule has 1 amide bonds. The van der Waals surface area contributed by atoms with E-state index in [0.29, 0.717) is 17.2 Å².